The topological polar surface area (TPSA) is 36.4 Å². The highest BCUT2D eigenvalue weighted by Gasteiger charge is 2.26. The number of rotatable bonds is 5. The lowest BCUT2D eigenvalue weighted by molar-refractivity contribution is -0.136. The number of hydrogen-bond acceptors (Lipinski definition) is 4. The minimum atomic E-state index is 0.127. The van der Waals surface area contributed by atoms with E-state index in [0.29, 0.717) is 11.9 Å². The molecule has 2 heterocycles. The van der Waals surface area contributed by atoms with E-state index in [9.17, 15) is 4.79 Å². The lowest BCUT2D eigenvalue weighted by atomic mass is 10.1. The molecule has 0 saturated carbocycles. The summed E-state index contributed by atoms with van der Waals surface area (Å²) in [6.45, 7) is 7.79. The van der Waals surface area contributed by atoms with Crippen molar-refractivity contribution >= 4 is 17.7 Å². The fourth-order valence-electron chi connectivity index (χ4n) is 2.80. The molecule has 0 aromatic carbocycles. The molecule has 1 aliphatic rings. The van der Waals surface area contributed by atoms with Gasteiger partial charge in [-0.3, -0.25) is 14.7 Å². The van der Waals surface area contributed by atoms with Crippen LogP contribution in [0.15, 0.2) is 24.5 Å². The molecule has 0 radical (unpaired) electrons. The third kappa shape index (κ3) is 4.20. The summed E-state index contributed by atoms with van der Waals surface area (Å²) in [4.78, 5) is 21.0. The molecule has 2 rings (SSSR count). The van der Waals surface area contributed by atoms with Crippen LogP contribution in [0.25, 0.3) is 0 Å². The van der Waals surface area contributed by atoms with Gasteiger partial charge < -0.3 is 4.90 Å². The SMILES string of the molecule is CSC[C@H](C)C(=O)N1CCN([C@@H](C)c2cccnc2)CC1. The summed E-state index contributed by atoms with van der Waals surface area (Å²) < 4.78 is 0. The lowest BCUT2D eigenvalue weighted by Crippen LogP contribution is -2.50. The second-order valence-electron chi connectivity index (χ2n) is 5.68. The van der Waals surface area contributed by atoms with Crippen LogP contribution in [0, 0.1) is 5.92 Å². The van der Waals surface area contributed by atoms with Gasteiger partial charge in [0.1, 0.15) is 0 Å². The molecule has 0 aliphatic carbocycles. The predicted molar refractivity (Wildman–Crippen MR) is 88.4 cm³/mol. The molecule has 4 nitrogen and oxygen atoms in total. The first-order valence-corrected chi connectivity index (χ1v) is 8.94. The Morgan fingerprint density at radius 1 is 1.33 bits per heavy atom. The second-order valence-corrected chi connectivity index (χ2v) is 6.59. The smallest absolute Gasteiger partial charge is 0.226 e. The first kappa shape index (κ1) is 16.3. The van der Waals surface area contributed by atoms with Gasteiger partial charge in [-0.25, -0.2) is 0 Å². The number of piperazine rings is 1. The van der Waals surface area contributed by atoms with E-state index in [1.54, 1.807) is 18.0 Å². The van der Waals surface area contributed by atoms with Crippen LogP contribution in [0.1, 0.15) is 25.5 Å². The maximum atomic E-state index is 12.3. The highest BCUT2D eigenvalue weighted by atomic mass is 32.2. The van der Waals surface area contributed by atoms with Crippen LogP contribution in [0.3, 0.4) is 0 Å². The molecule has 5 heteroatoms. The molecule has 1 aromatic rings. The first-order chi connectivity index (χ1) is 10.1. The molecule has 1 aliphatic heterocycles. The largest absolute Gasteiger partial charge is 0.340 e. The van der Waals surface area contributed by atoms with E-state index in [1.165, 1.54) is 5.56 Å². The Bertz CT molecular complexity index is 446. The molecule has 1 saturated heterocycles. The van der Waals surface area contributed by atoms with Crippen molar-refractivity contribution in [2.24, 2.45) is 5.92 Å². The van der Waals surface area contributed by atoms with Crippen LogP contribution in [-0.2, 0) is 4.79 Å². The number of aromatic nitrogens is 1. The monoisotopic (exact) mass is 307 g/mol. The van der Waals surface area contributed by atoms with E-state index < -0.39 is 0 Å². The van der Waals surface area contributed by atoms with Crippen LogP contribution < -0.4 is 0 Å². The Balaban J connectivity index is 1.87. The van der Waals surface area contributed by atoms with Crippen molar-refractivity contribution in [2.45, 2.75) is 19.9 Å². The van der Waals surface area contributed by atoms with Crippen LogP contribution in [-0.4, -0.2) is 58.9 Å². The van der Waals surface area contributed by atoms with E-state index >= 15 is 0 Å². The molecule has 1 aromatic heterocycles. The summed E-state index contributed by atoms with van der Waals surface area (Å²) in [6, 6.07) is 4.46. The highest BCUT2D eigenvalue weighted by molar-refractivity contribution is 7.98. The molecule has 1 fully saturated rings. The third-order valence-corrected chi connectivity index (χ3v) is 5.01. The van der Waals surface area contributed by atoms with Crippen LogP contribution in [0.2, 0.25) is 0 Å². The number of carbonyl (C=O) groups excluding carboxylic acids is 1. The van der Waals surface area contributed by atoms with Crippen molar-refractivity contribution in [3.8, 4) is 0 Å². The lowest BCUT2D eigenvalue weighted by Gasteiger charge is -2.39. The second kappa shape index (κ2) is 7.80. The van der Waals surface area contributed by atoms with E-state index in [1.807, 2.05) is 24.1 Å². The molecule has 0 spiro atoms. The van der Waals surface area contributed by atoms with Gasteiger partial charge in [-0.15, -0.1) is 0 Å². The summed E-state index contributed by atoms with van der Waals surface area (Å²) in [5, 5.41) is 0. The van der Waals surface area contributed by atoms with Crippen molar-refractivity contribution < 1.29 is 4.79 Å². The zero-order valence-electron chi connectivity index (χ0n) is 13.2. The molecule has 21 heavy (non-hydrogen) atoms. The summed E-state index contributed by atoms with van der Waals surface area (Å²) in [6.07, 6.45) is 5.79. The Labute approximate surface area is 131 Å². The van der Waals surface area contributed by atoms with Crippen LogP contribution in [0.5, 0.6) is 0 Å². The fourth-order valence-corrected chi connectivity index (χ4v) is 3.44. The molecule has 0 unspecified atom stereocenters. The zero-order valence-corrected chi connectivity index (χ0v) is 14.0. The number of carbonyl (C=O) groups is 1. The first-order valence-electron chi connectivity index (χ1n) is 7.55. The summed E-state index contributed by atoms with van der Waals surface area (Å²) in [5.74, 6) is 1.34. The maximum absolute atomic E-state index is 12.3. The number of nitrogens with zero attached hydrogens (tertiary/aromatic N) is 3. The molecular weight excluding hydrogens is 282 g/mol. The fraction of sp³-hybridized carbons (Fsp3) is 0.625. The van der Waals surface area contributed by atoms with Gasteiger partial charge in [0.25, 0.3) is 0 Å². The number of hydrogen-bond donors (Lipinski definition) is 0. The van der Waals surface area contributed by atoms with Crippen molar-refractivity contribution in [3.63, 3.8) is 0 Å². The van der Waals surface area contributed by atoms with Gasteiger partial charge in [-0.05, 0) is 24.8 Å². The summed E-state index contributed by atoms with van der Waals surface area (Å²) in [7, 11) is 0. The van der Waals surface area contributed by atoms with Gasteiger partial charge >= 0.3 is 0 Å². The molecule has 0 N–H and O–H groups in total. The number of pyridine rings is 1. The van der Waals surface area contributed by atoms with E-state index in [-0.39, 0.29) is 5.92 Å². The Morgan fingerprint density at radius 3 is 2.62 bits per heavy atom. The molecule has 2 atom stereocenters. The molecule has 116 valence electrons. The normalized spacial score (nSPS) is 19.3. The molecule has 0 bridgehead atoms. The maximum Gasteiger partial charge on any atom is 0.226 e. The van der Waals surface area contributed by atoms with E-state index in [4.69, 9.17) is 0 Å². The Kier molecular flexibility index (Phi) is 6.06. The third-order valence-electron chi connectivity index (χ3n) is 4.18. The van der Waals surface area contributed by atoms with Crippen molar-refractivity contribution in [3.05, 3.63) is 30.1 Å². The van der Waals surface area contributed by atoms with E-state index in [2.05, 4.69) is 29.1 Å². The average Bonchev–Trinajstić information content (AvgIpc) is 2.54. The zero-order chi connectivity index (χ0) is 15.2. The van der Waals surface area contributed by atoms with Gasteiger partial charge in [0.15, 0.2) is 0 Å². The van der Waals surface area contributed by atoms with Crippen molar-refractivity contribution in [1.82, 2.24) is 14.8 Å². The van der Waals surface area contributed by atoms with E-state index in [0.717, 1.165) is 31.9 Å². The molecular formula is C16H25N3OS. The predicted octanol–water partition coefficient (Wildman–Crippen LogP) is 2.29. The van der Waals surface area contributed by atoms with Crippen molar-refractivity contribution in [2.75, 3.05) is 38.2 Å². The number of thioether (sulfide) groups is 1. The number of amides is 1. The summed E-state index contributed by atoms with van der Waals surface area (Å²) >= 11 is 1.74. The van der Waals surface area contributed by atoms with Crippen molar-refractivity contribution in [1.29, 1.82) is 0 Å². The van der Waals surface area contributed by atoms with Gasteiger partial charge in [-0.1, -0.05) is 13.0 Å². The average molecular weight is 307 g/mol. The van der Waals surface area contributed by atoms with Crippen LogP contribution >= 0.6 is 11.8 Å². The Hall–Kier alpha value is -1.07. The molecule has 1 amide bonds. The van der Waals surface area contributed by atoms with Gasteiger partial charge in [-0.2, -0.15) is 11.8 Å². The summed E-state index contributed by atoms with van der Waals surface area (Å²) in [5.41, 5.74) is 1.24. The standard InChI is InChI=1S/C16H25N3OS/c1-13(12-21-3)16(20)19-9-7-18(8-10-19)14(2)15-5-4-6-17-11-15/h4-6,11,13-14H,7-10,12H2,1-3H3/t13-,14-/m0/s1. The van der Waals surface area contributed by atoms with Gasteiger partial charge in [0.05, 0.1) is 0 Å². The van der Waals surface area contributed by atoms with Gasteiger partial charge in [0.2, 0.25) is 5.91 Å². The Morgan fingerprint density at radius 2 is 2.05 bits per heavy atom. The quantitative estimate of drug-likeness (QED) is 0.836. The minimum absolute atomic E-state index is 0.127. The van der Waals surface area contributed by atoms with Crippen LogP contribution in [0.4, 0.5) is 0 Å². The highest BCUT2D eigenvalue weighted by Crippen LogP contribution is 2.21. The van der Waals surface area contributed by atoms with Gasteiger partial charge in [0, 0.05) is 56.3 Å². The minimum Gasteiger partial charge on any atom is -0.340 e.